The van der Waals surface area contributed by atoms with Crippen LogP contribution in [0.1, 0.15) is 25.8 Å². The molecule has 0 unspecified atom stereocenters. The molecule has 0 aromatic heterocycles. The van der Waals surface area contributed by atoms with Gasteiger partial charge in [0.1, 0.15) is 5.75 Å². The highest BCUT2D eigenvalue weighted by molar-refractivity contribution is 6.31. The number of hydrogen-bond donors (Lipinski definition) is 1. The molecule has 0 radical (unpaired) electrons. The fourth-order valence-electron chi connectivity index (χ4n) is 1.53. The number of phenolic OH excluding ortho intramolecular Hbond substituents is 1. The molecule has 0 heterocycles. The van der Waals surface area contributed by atoms with Gasteiger partial charge in [0.15, 0.2) is 0 Å². The van der Waals surface area contributed by atoms with Gasteiger partial charge >= 0.3 is 0 Å². The highest BCUT2D eigenvalue weighted by atomic mass is 35.5. The maximum Gasteiger partial charge on any atom is 0.116 e. The number of aromatic hydroxyl groups is 1. The fourth-order valence-corrected chi connectivity index (χ4v) is 1.71. The second-order valence-electron chi connectivity index (χ2n) is 4.70. The van der Waals surface area contributed by atoms with Crippen LogP contribution in [0.2, 0.25) is 5.02 Å². The summed E-state index contributed by atoms with van der Waals surface area (Å²) in [5, 5.41) is 10.1. The Morgan fingerprint density at radius 1 is 1.38 bits per heavy atom. The molecule has 0 amide bonds. The lowest BCUT2D eigenvalue weighted by atomic mass is 10.1. The third kappa shape index (κ3) is 4.42. The number of phenols is 1. The van der Waals surface area contributed by atoms with Gasteiger partial charge in [0, 0.05) is 11.6 Å². The Balaban J connectivity index is 2.55. The van der Waals surface area contributed by atoms with E-state index >= 15 is 0 Å². The third-order valence-electron chi connectivity index (χ3n) is 2.56. The molecule has 0 spiro atoms. The Labute approximate surface area is 103 Å². The zero-order valence-corrected chi connectivity index (χ0v) is 11.0. The summed E-state index contributed by atoms with van der Waals surface area (Å²) in [7, 11) is 2.07. The first-order valence-electron chi connectivity index (χ1n) is 5.65. The fraction of sp³-hybridized carbons (Fsp3) is 0.538. The first-order chi connectivity index (χ1) is 7.49. The van der Waals surface area contributed by atoms with Crippen LogP contribution in [0.3, 0.4) is 0 Å². The normalized spacial score (nSPS) is 11.4. The van der Waals surface area contributed by atoms with Gasteiger partial charge in [0.05, 0.1) is 0 Å². The van der Waals surface area contributed by atoms with E-state index in [1.54, 1.807) is 18.2 Å². The molecule has 0 bridgehead atoms. The molecule has 0 fully saturated rings. The van der Waals surface area contributed by atoms with Crippen LogP contribution in [0.25, 0.3) is 0 Å². The van der Waals surface area contributed by atoms with E-state index in [-0.39, 0.29) is 5.75 Å². The summed E-state index contributed by atoms with van der Waals surface area (Å²) in [6.45, 7) is 6.26. The minimum atomic E-state index is 0.275. The SMILES string of the molecule is CC(C)CCN(C)Cc1cc(O)ccc1Cl. The summed E-state index contributed by atoms with van der Waals surface area (Å²) >= 11 is 6.07. The first kappa shape index (κ1) is 13.3. The number of rotatable bonds is 5. The second-order valence-corrected chi connectivity index (χ2v) is 5.10. The van der Waals surface area contributed by atoms with Crippen LogP contribution in [0.15, 0.2) is 18.2 Å². The molecule has 1 N–H and O–H groups in total. The van der Waals surface area contributed by atoms with Crippen LogP contribution in [-0.4, -0.2) is 23.6 Å². The van der Waals surface area contributed by atoms with Gasteiger partial charge in [-0.25, -0.2) is 0 Å². The lowest BCUT2D eigenvalue weighted by Gasteiger charge is -2.18. The van der Waals surface area contributed by atoms with Crippen molar-refractivity contribution in [2.75, 3.05) is 13.6 Å². The van der Waals surface area contributed by atoms with Gasteiger partial charge in [0.2, 0.25) is 0 Å². The van der Waals surface area contributed by atoms with E-state index < -0.39 is 0 Å². The minimum absolute atomic E-state index is 0.275. The van der Waals surface area contributed by atoms with Crippen LogP contribution in [0.5, 0.6) is 5.75 Å². The summed E-state index contributed by atoms with van der Waals surface area (Å²) in [6, 6.07) is 5.08. The predicted molar refractivity (Wildman–Crippen MR) is 68.9 cm³/mol. The molecular formula is C13H20ClNO. The van der Waals surface area contributed by atoms with Crippen LogP contribution >= 0.6 is 11.6 Å². The molecule has 0 aliphatic carbocycles. The van der Waals surface area contributed by atoms with Crippen molar-refractivity contribution in [2.45, 2.75) is 26.8 Å². The molecule has 1 aromatic carbocycles. The van der Waals surface area contributed by atoms with Crippen LogP contribution in [-0.2, 0) is 6.54 Å². The monoisotopic (exact) mass is 241 g/mol. The van der Waals surface area contributed by atoms with Gasteiger partial charge in [-0.1, -0.05) is 25.4 Å². The van der Waals surface area contributed by atoms with E-state index in [2.05, 4.69) is 25.8 Å². The third-order valence-corrected chi connectivity index (χ3v) is 2.93. The van der Waals surface area contributed by atoms with Gasteiger partial charge in [-0.15, -0.1) is 0 Å². The molecule has 0 aliphatic heterocycles. The van der Waals surface area contributed by atoms with Crippen molar-refractivity contribution in [3.05, 3.63) is 28.8 Å². The number of benzene rings is 1. The average Bonchev–Trinajstić information content (AvgIpc) is 2.20. The van der Waals surface area contributed by atoms with Crippen molar-refractivity contribution in [1.82, 2.24) is 4.90 Å². The van der Waals surface area contributed by atoms with Crippen LogP contribution in [0, 0.1) is 5.92 Å². The Morgan fingerprint density at radius 3 is 2.69 bits per heavy atom. The molecular weight excluding hydrogens is 222 g/mol. The highest BCUT2D eigenvalue weighted by Gasteiger charge is 2.06. The molecule has 2 nitrogen and oxygen atoms in total. The standard InChI is InChI=1S/C13H20ClNO/c1-10(2)6-7-15(3)9-11-8-12(16)4-5-13(11)14/h4-5,8,10,16H,6-7,9H2,1-3H3. The zero-order valence-electron chi connectivity index (χ0n) is 10.2. The van der Waals surface area contributed by atoms with E-state index in [1.807, 2.05) is 0 Å². The van der Waals surface area contributed by atoms with Crippen molar-refractivity contribution < 1.29 is 5.11 Å². The minimum Gasteiger partial charge on any atom is -0.508 e. The highest BCUT2D eigenvalue weighted by Crippen LogP contribution is 2.22. The van der Waals surface area contributed by atoms with Gasteiger partial charge in [-0.3, -0.25) is 0 Å². The van der Waals surface area contributed by atoms with Gasteiger partial charge in [-0.05, 0) is 49.7 Å². The molecule has 16 heavy (non-hydrogen) atoms. The molecule has 0 aliphatic rings. The zero-order chi connectivity index (χ0) is 12.1. The van der Waals surface area contributed by atoms with Gasteiger partial charge in [-0.2, -0.15) is 0 Å². The summed E-state index contributed by atoms with van der Waals surface area (Å²) in [5.41, 5.74) is 0.980. The molecule has 0 atom stereocenters. The van der Waals surface area contributed by atoms with Crippen molar-refractivity contribution in [3.63, 3.8) is 0 Å². The van der Waals surface area contributed by atoms with Gasteiger partial charge < -0.3 is 10.0 Å². The number of hydrogen-bond acceptors (Lipinski definition) is 2. The van der Waals surface area contributed by atoms with E-state index in [4.69, 9.17) is 11.6 Å². The topological polar surface area (TPSA) is 23.5 Å². The maximum absolute atomic E-state index is 9.39. The van der Waals surface area contributed by atoms with Crippen LogP contribution in [0.4, 0.5) is 0 Å². The Kier molecular flexibility index (Phi) is 5.10. The molecule has 1 aromatic rings. The molecule has 3 heteroatoms. The maximum atomic E-state index is 9.39. The second kappa shape index (κ2) is 6.12. The summed E-state index contributed by atoms with van der Waals surface area (Å²) in [4.78, 5) is 2.22. The summed E-state index contributed by atoms with van der Waals surface area (Å²) in [5.74, 6) is 0.985. The molecule has 0 saturated heterocycles. The van der Waals surface area contributed by atoms with E-state index in [0.717, 1.165) is 18.7 Å². The van der Waals surface area contributed by atoms with Crippen molar-refractivity contribution in [3.8, 4) is 5.75 Å². The predicted octanol–water partition coefficient (Wildman–Crippen LogP) is 3.52. The number of nitrogens with zero attached hydrogens (tertiary/aromatic N) is 1. The Bertz CT molecular complexity index is 339. The van der Waals surface area contributed by atoms with E-state index in [0.29, 0.717) is 10.9 Å². The molecule has 1 rings (SSSR count). The largest absolute Gasteiger partial charge is 0.508 e. The lowest BCUT2D eigenvalue weighted by Crippen LogP contribution is -2.20. The molecule has 0 saturated carbocycles. The van der Waals surface area contributed by atoms with Crippen LogP contribution < -0.4 is 0 Å². The Hall–Kier alpha value is -0.730. The van der Waals surface area contributed by atoms with Crippen molar-refractivity contribution >= 4 is 11.6 Å². The average molecular weight is 242 g/mol. The smallest absolute Gasteiger partial charge is 0.116 e. The van der Waals surface area contributed by atoms with E-state index in [1.165, 1.54) is 6.42 Å². The summed E-state index contributed by atoms with van der Waals surface area (Å²) in [6.07, 6.45) is 1.17. The Morgan fingerprint density at radius 2 is 2.06 bits per heavy atom. The van der Waals surface area contributed by atoms with Crippen molar-refractivity contribution in [2.24, 2.45) is 5.92 Å². The summed E-state index contributed by atoms with van der Waals surface area (Å²) < 4.78 is 0. The molecule has 90 valence electrons. The number of halogens is 1. The lowest BCUT2D eigenvalue weighted by molar-refractivity contribution is 0.303. The van der Waals surface area contributed by atoms with E-state index in [9.17, 15) is 5.11 Å². The first-order valence-corrected chi connectivity index (χ1v) is 6.02. The quantitative estimate of drug-likeness (QED) is 0.853. The van der Waals surface area contributed by atoms with Crippen molar-refractivity contribution in [1.29, 1.82) is 0 Å². The van der Waals surface area contributed by atoms with Gasteiger partial charge in [0.25, 0.3) is 0 Å².